The Labute approximate surface area is 146 Å². The van der Waals surface area contributed by atoms with Crippen molar-refractivity contribution in [3.8, 4) is 11.4 Å². The molecule has 0 aliphatic heterocycles. The van der Waals surface area contributed by atoms with Crippen LogP contribution >= 0.6 is 0 Å². The summed E-state index contributed by atoms with van der Waals surface area (Å²) in [5.74, 6) is 0.759. The Morgan fingerprint density at radius 3 is 2.56 bits per heavy atom. The fraction of sp³-hybridized carbons (Fsp3) is 0.300. The van der Waals surface area contributed by atoms with Gasteiger partial charge < -0.3 is 9.15 Å². The van der Waals surface area contributed by atoms with E-state index in [9.17, 15) is 4.79 Å². The summed E-state index contributed by atoms with van der Waals surface area (Å²) < 4.78 is 12.4. The molecule has 1 heterocycles. The number of rotatable bonds is 6. The van der Waals surface area contributed by atoms with Crippen molar-refractivity contribution >= 4 is 0 Å². The van der Waals surface area contributed by atoms with Gasteiger partial charge in [0.25, 0.3) is 0 Å². The number of hydrogen-bond acceptors (Lipinski definition) is 4. The Bertz CT molecular complexity index is 894. The zero-order chi connectivity index (χ0) is 17.8. The van der Waals surface area contributed by atoms with Crippen molar-refractivity contribution in [1.29, 1.82) is 0 Å². The number of benzene rings is 2. The van der Waals surface area contributed by atoms with Gasteiger partial charge in [-0.2, -0.15) is 4.68 Å². The molecule has 5 nitrogen and oxygen atoms in total. The molecular weight excluding hydrogens is 316 g/mol. The summed E-state index contributed by atoms with van der Waals surface area (Å²) in [6.45, 7) is 6.07. The quantitative estimate of drug-likeness (QED) is 0.684. The number of para-hydroxylation sites is 1. The minimum atomic E-state index is -0.471. The normalized spacial score (nSPS) is 12.1. The summed E-state index contributed by atoms with van der Waals surface area (Å²) >= 11 is 0. The molecule has 0 N–H and O–H groups in total. The highest BCUT2D eigenvalue weighted by molar-refractivity contribution is 5.38. The molecule has 0 radical (unpaired) electrons. The lowest BCUT2D eigenvalue weighted by Crippen LogP contribution is -2.14. The zero-order valence-corrected chi connectivity index (χ0v) is 14.7. The topological polar surface area (TPSA) is 57.3 Å². The van der Waals surface area contributed by atoms with Crippen LogP contribution in [-0.4, -0.2) is 15.9 Å². The van der Waals surface area contributed by atoms with E-state index < -0.39 is 5.76 Å². The monoisotopic (exact) mass is 338 g/mol. The van der Waals surface area contributed by atoms with Gasteiger partial charge in [0, 0.05) is 0 Å². The second kappa shape index (κ2) is 7.38. The second-order valence-corrected chi connectivity index (χ2v) is 6.12. The number of nitrogens with zero attached hydrogens (tertiary/aromatic N) is 2. The van der Waals surface area contributed by atoms with Crippen molar-refractivity contribution < 1.29 is 9.15 Å². The van der Waals surface area contributed by atoms with Crippen LogP contribution in [0.2, 0.25) is 0 Å². The van der Waals surface area contributed by atoms with Gasteiger partial charge in [-0.15, -0.1) is 5.10 Å². The third-order valence-corrected chi connectivity index (χ3v) is 4.12. The summed E-state index contributed by atoms with van der Waals surface area (Å²) in [5.41, 5.74) is 2.71. The first kappa shape index (κ1) is 17.0. The van der Waals surface area contributed by atoms with Crippen molar-refractivity contribution in [2.75, 3.05) is 0 Å². The summed E-state index contributed by atoms with van der Waals surface area (Å²) in [6.07, 6.45) is 1.61. The van der Waals surface area contributed by atoms with Gasteiger partial charge in [-0.05, 0) is 49.6 Å². The van der Waals surface area contributed by atoms with Crippen LogP contribution in [0.15, 0.2) is 57.7 Å². The van der Waals surface area contributed by atoms with Gasteiger partial charge in [0.05, 0.1) is 18.2 Å². The predicted molar refractivity (Wildman–Crippen MR) is 96.5 cm³/mol. The molecule has 5 heteroatoms. The van der Waals surface area contributed by atoms with Crippen LogP contribution in [0.25, 0.3) is 5.69 Å². The van der Waals surface area contributed by atoms with E-state index in [4.69, 9.17) is 9.15 Å². The fourth-order valence-corrected chi connectivity index (χ4v) is 2.52. The molecule has 25 heavy (non-hydrogen) atoms. The highest BCUT2D eigenvalue weighted by Gasteiger charge is 2.12. The molecule has 3 aromatic rings. The van der Waals surface area contributed by atoms with Crippen molar-refractivity contribution in [3.63, 3.8) is 0 Å². The van der Waals surface area contributed by atoms with Gasteiger partial charge >= 0.3 is 5.76 Å². The molecule has 3 rings (SSSR count). The van der Waals surface area contributed by atoms with Crippen LogP contribution < -0.4 is 10.5 Å². The van der Waals surface area contributed by atoms with Gasteiger partial charge in [-0.1, -0.05) is 37.3 Å². The molecule has 1 aromatic heterocycles. The van der Waals surface area contributed by atoms with Crippen LogP contribution in [0.1, 0.15) is 37.3 Å². The fourth-order valence-electron chi connectivity index (χ4n) is 2.52. The summed E-state index contributed by atoms with van der Waals surface area (Å²) in [5, 5.41) is 4.33. The molecular formula is C20H22N2O3. The van der Waals surface area contributed by atoms with E-state index in [0.717, 1.165) is 29.0 Å². The van der Waals surface area contributed by atoms with E-state index in [1.54, 1.807) is 0 Å². The SMILES string of the molecule is CCC(C)Oc1ccc(Cc2nn(-c3ccccc3C)c(=O)o2)cc1. The molecule has 0 bridgehead atoms. The standard InChI is InChI=1S/C20H22N2O3/c1-4-15(3)24-17-11-9-16(10-12-17)13-19-21-22(20(23)25-19)18-8-6-5-7-14(18)2/h5-12,15H,4,13H2,1-3H3. The Morgan fingerprint density at radius 2 is 1.88 bits per heavy atom. The molecule has 1 atom stereocenters. The largest absolute Gasteiger partial charge is 0.491 e. The molecule has 0 fully saturated rings. The lowest BCUT2D eigenvalue weighted by molar-refractivity contribution is 0.217. The van der Waals surface area contributed by atoms with E-state index in [0.29, 0.717) is 12.3 Å². The summed E-state index contributed by atoms with van der Waals surface area (Å²) in [7, 11) is 0. The third-order valence-electron chi connectivity index (χ3n) is 4.12. The van der Waals surface area contributed by atoms with Crippen molar-refractivity contribution in [1.82, 2.24) is 9.78 Å². The molecule has 2 aromatic carbocycles. The number of hydrogen-bond donors (Lipinski definition) is 0. The first-order chi connectivity index (χ1) is 12.1. The summed E-state index contributed by atoms with van der Waals surface area (Å²) in [6, 6.07) is 15.4. The van der Waals surface area contributed by atoms with E-state index in [1.165, 1.54) is 4.68 Å². The van der Waals surface area contributed by atoms with Crippen molar-refractivity contribution in [2.45, 2.75) is 39.7 Å². The molecule has 0 saturated carbocycles. The van der Waals surface area contributed by atoms with Crippen LogP contribution in [0.5, 0.6) is 5.75 Å². The Hall–Kier alpha value is -2.82. The van der Waals surface area contributed by atoms with Crippen LogP contribution in [0.4, 0.5) is 0 Å². The number of aryl methyl sites for hydroxylation is 1. The molecule has 0 spiro atoms. The first-order valence-corrected chi connectivity index (χ1v) is 8.47. The van der Waals surface area contributed by atoms with Crippen LogP contribution in [0, 0.1) is 6.92 Å². The van der Waals surface area contributed by atoms with E-state index >= 15 is 0 Å². The molecule has 130 valence electrons. The summed E-state index contributed by atoms with van der Waals surface area (Å²) in [4.78, 5) is 12.1. The van der Waals surface area contributed by atoms with Crippen LogP contribution in [0.3, 0.4) is 0 Å². The highest BCUT2D eigenvalue weighted by Crippen LogP contribution is 2.17. The minimum absolute atomic E-state index is 0.189. The maximum atomic E-state index is 12.1. The lowest BCUT2D eigenvalue weighted by Gasteiger charge is -2.12. The predicted octanol–water partition coefficient (Wildman–Crippen LogP) is 3.90. The smallest absolute Gasteiger partial charge is 0.441 e. The number of ether oxygens (including phenoxy) is 1. The molecule has 0 aliphatic carbocycles. The van der Waals surface area contributed by atoms with E-state index in [-0.39, 0.29) is 6.10 Å². The Kier molecular flexibility index (Phi) is 5.03. The lowest BCUT2D eigenvalue weighted by atomic mass is 10.1. The molecule has 0 amide bonds. The second-order valence-electron chi connectivity index (χ2n) is 6.12. The average Bonchev–Trinajstić information content (AvgIpc) is 2.97. The average molecular weight is 338 g/mol. The maximum Gasteiger partial charge on any atom is 0.441 e. The zero-order valence-electron chi connectivity index (χ0n) is 14.7. The van der Waals surface area contributed by atoms with Gasteiger partial charge in [-0.25, -0.2) is 4.79 Å². The van der Waals surface area contributed by atoms with Gasteiger partial charge in [-0.3, -0.25) is 0 Å². The first-order valence-electron chi connectivity index (χ1n) is 8.47. The molecule has 0 saturated heterocycles. The molecule has 0 aliphatic rings. The minimum Gasteiger partial charge on any atom is -0.491 e. The van der Waals surface area contributed by atoms with E-state index in [2.05, 4.69) is 12.0 Å². The van der Waals surface area contributed by atoms with Gasteiger partial charge in [0.1, 0.15) is 5.75 Å². The Morgan fingerprint density at radius 1 is 1.16 bits per heavy atom. The number of aromatic nitrogens is 2. The highest BCUT2D eigenvalue weighted by atomic mass is 16.5. The third kappa shape index (κ3) is 3.99. The van der Waals surface area contributed by atoms with E-state index in [1.807, 2.05) is 62.4 Å². The van der Waals surface area contributed by atoms with Crippen molar-refractivity contribution in [3.05, 3.63) is 76.1 Å². The Balaban J connectivity index is 1.77. The van der Waals surface area contributed by atoms with Gasteiger partial charge in [0.15, 0.2) is 0 Å². The maximum absolute atomic E-state index is 12.1. The van der Waals surface area contributed by atoms with Gasteiger partial charge in [0.2, 0.25) is 5.89 Å². The van der Waals surface area contributed by atoms with Crippen molar-refractivity contribution in [2.24, 2.45) is 0 Å². The van der Waals surface area contributed by atoms with Crippen LogP contribution in [-0.2, 0) is 6.42 Å². The molecule has 1 unspecified atom stereocenters.